The van der Waals surface area contributed by atoms with Crippen LogP contribution in [0.25, 0.3) is 131 Å². The van der Waals surface area contributed by atoms with Gasteiger partial charge in [-0.05, 0) is 156 Å². The zero-order chi connectivity index (χ0) is 43.6. The summed E-state index contributed by atoms with van der Waals surface area (Å²) >= 11 is 0. The molecule has 0 spiro atoms. The molecule has 13 aromatic rings. The maximum absolute atomic E-state index is 2.40. The van der Waals surface area contributed by atoms with E-state index in [1.807, 2.05) is 0 Å². The SMILES string of the molecule is c1ccc(-c2c3ccccc3c(-c3cccc(-c4ccc5ccc6ccc(-c7cccc(-c8c9ccccc9c(-c9ccccc9)c9ccccc89)c7)cc6c5c4)c3)c3ccccc23)cc1. The Morgan fingerprint density at radius 2 is 0.379 bits per heavy atom. The lowest BCUT2D eigenvalue weighted by atomic mass is 9.85. The Balaban J connectivity index is 0.935. The molecule has 0 N–H and O–H groups in total. The van der Waals surface area contributed by atoms with Gasteiger partial charge in [0.05, 0.1) is 0 Å². The average molecular weight is 835 g/mol. The van der Waals surface area contributed by atoms with E-state index in [-0.39, 0.29) is 0 Å². The summed E-state index contributed by atoms with van der Waals surface area (Å²) < 4.78 is 0. The van der Waals surface area contributed by atoms with E-state index in [9.17, 15) is 0 Å². The van der Waals surface area contributed by atoms with Gasteiger partial charge in [0.1, 0.15) is 0 Å². The molecule has 0 unspecified atom stereocenters. The molecule has 0 saturated carbocycles. The molecule has 0 radical (unpaired) electrons. The summed E-state index contributed by atoms with van der Waals surface area (Å²) in [5, 5.41) is 15.1. The molecule has 13 aromatic carbocycles. The second-order valence-corrected chi connectivity index (χ2v) is 17.5. The first-order valence-electron chi connectivity index (χ1n) is 22.9. The highest BCUT2D eigenvalue weighted by Crippen LogP contribution is 2.46. The maximum Gasteiger partial charge on any atom is -0.00262 e. The molecule has 0 saturated heterocycles. The van der Waals surface area contributed by atoms with Crippen LogP contribution in [0.4, 0.5) is 0 Å². The van der Waals surface area contributed by atoms with Crippen LogP contribution in [0.15, 0.2) is 255 Å². The van der Waals surface area contributed by atoms with Gasteiger partial charge >= 0.3 is 0 Å². The molecule has 13 rings (SSSR count). The zero-order valence-electron chi connectivity index (χ0n) is 36.2. The third-order valence-corrected chi connectivity index (χ3v) is 13.8. The van der Waals surface area contributed by atoms with Gasteiger partial charge in [-0.25, -0.2) is 0 Å². The molecule has 0 aliphatic rings. The molecule has 0 aromatic heterocycles. The van der Waals surface area contributed by atoms with Crippen LogP contribution in [0.3, 0.4) is 0 Å². The first-order chi connectivity index (χ1) is 32.7. The highest BCUT2D eigenvalue weighted by atomic mass is 14.2. The molecular formula is C66H42. The Labute approximate surface area is 384 Å². The summed E-state index contributed by atoms with van der Waals surface area (Å²) in [4.78, 5) is 0. The minimum absolute atomic E-state index is 1.20. The van der Waals surface area contributed by atoms with Crippen LogP contribution >= 0.6 is 0 Å². The standard InChI is InChI=1S/C66H42/c1-3-17-45(18-4-1)63-53-25-7-11-29-57(53)65(58-30-12-8-26-54(58)63)51-23-15-21-47(39-51)49-37-35-43-33-34-44-36-38-50(42-62(44)61(43)41-49)48-22-16-24-52(40-48)66-59-31-13-9-27-55(59)64(46-19-5-2-6-20-46)56-28-10-14-32-60(56)66/h1-42H. The van der Waals surface area contributed by atoms with E-state index in [0.717, 1.165) is 0 Å². The van der Waals surface area contributed by atoms with E-state index in [1.54, 1.807) is 0 Å². The predicted octanol–water partition coefficient (Wildman–Crippen LogP) is 18.6. The van der Waals surface area contributed by atoms with E-state index in [4.69, 9.17) is 0 Å². The van der Waals surface area contributed by atoms with E-state index in [1.165, 1.54) is 131 Å². The van der Waals surface area contributed by atoms with Gasteiger partial charge in [-0.2, -0.15) is 0 Å². The van der Waals surface area contributed by atoms with Crippen LogP contribution in [0.5, 0.6) is 0 Å². The van der Waals surface area contributed by atoms with E-state index < -0.39 is 0 Å². The van der Waals surface area contributed by atoms with Gasteiger partial charge in [0, 0.05) is 0 Å². The Morgan fingerprint density at radius 3 is 0.712 bits per heavy atom. The smallest absolute Gasteiger partial charge is 0.00262 e. The molecule has 0 nitrogen and oxygen atoms in total. The molecular weight excluding hydrogens is 793 g/mol. The van der Waals surface area contributed by atoms with Gasteiger partial charge in [0.2, 0.25) is 0 Å². The Bertz CT molecular complexity index is 3650. The van der Waals surface area contributed by atoms with E-state index in [2.05, 4.69) is 255 Å². The fraction of sp³-hybridized carbons (Fsp3) is 0. The largest absolute Gasteiger partial charge is 0.0622 e. The number of benzene rings is 13. The summed E-state index contributed by atoms with van der Waals surface area (Å²) in [7, 11) is 0. The molecule has 0 heteroatoms. The molecule has 66 heavy (non-hydrogen) atoms. The average Bonchev–Trinajstić information content (AvgIpc) is 3.39. The van der Waals surface area contributed by atoms with Crippen molar-refractivity contribution in [3.05, 3.63) is 255 Å². The van der Waals surface area contributed by atoms with Crippen molar-refractivity contribution >= 4 is 64.6 Å². The first kappa shape index (κ1) is 37.9. The number of fused-ring (bicyclic) bond motifs is 7. The molecule has 0 heterocycles. The van der Waals surface area contributed by atoms with Crippen LogP contribution in [0.1, 0.15) is 0 Å². The fourth-order valence-electron chi connectivity index (χ4n) is 10.8. The van der Waals surface area contributed by atoms with Crippen molar-refractivity contribution in [2.45, 2.75) is 0 Å². The number of hydrogen-bond donors (Lipinski definition) is 0. The maximum atomic E-state index is 2.40. The highest BCUT2D eigenvalue weighted by molar-refractivity contribution is 6.23. The molecule has 0 aliphatic carbocycles. The van der Waals surface area contributed by atoms with Gasteiger partial charge in [-0.3, -0.25) is 0 Å². The number of hydrogen-bond acceptors (Lipinski definition) is 0. The van der Waals surface area contributed by atoms with Crippen molar-refractivity contribution in [2.24, 2.45) is 0 Å². The van der Waals surface area contributed by atoms with Crippen LogP contribution in [-0.2, 0) is 0 Å². The van der Waals surface area contributed by atoms with Crippen LogP contribution in [-0.4, -0.2) is 0 Å². The monoisotopic (exact) mass is 834 g/mol. The number of rotatable bonds is 6. The highest BCUT2D eigenvalue weighted by Gasteiger charge is 2.19. The third-order valence-electron chi connectivity index (χ3n) is 13.8. The lowest BCUT2D eigenvalue weighted by molar-refractivity contribution is 1.62. The van der Waals surface area contributed by atoms with Crippen molar-refractivity contribution in [3.8, 4) is 66.8 Å². The summed E-state index contributed by atoms with van der Waals surface area (Å²) in [6.45, 7) is 0. The first-order valence-corrected chi connectivity index (χ1v) is 22.9. The Hall–Kier alpha value is -8.58. The van der Waals surface area contributed by atoms with Crippen molar-refractivity contribution < 1.29 is 0 Å². The van der Waals surface area contributed by atoms with Gasteiger partial charge < -0.3 is 0 Å². The lowest BCUT2D eigenvalue weighted by Gasteiger charge is -2.18. The van der Waals surface area contributed by atoms with Gasteiger partial charge in [0.25, 0.3) is 0 Å². The van der Waals surface area contributed by atoms with Crippen molar-refractivity contribution in [2.75, 3.05) is 0 Å². The summed E-state index contributed by atoms with van der Waals surface area (Å²) in [5.41, 5.74) is 14.8. The third kappa shape index (κ3) is 6.22. The van der Waals surface area contributed by atoms with Crippen molar-refractivity contribution in [1.29, 1.82) is 0 Å². The minimum Gasteiger partial charge on any atom is -0.0622 e. The zero-order valence-corrected chi connectivity index (χ0v) is 36.2. The molecule has 306 valence electrons. The minimum atomic E-state index is 1.20. The van der Waals surface area contributed by atoms with Crippen molar-refractivity contribution in [3.63, 3.8) is 0 Å². The molecule has 0 bridgehead atoms. The quantitative estimate of drug-likeness (QED) is 0.116. The molecule has 0 atom stereocenters. The van der Waals surface area contributed by atoms with Gasteiger partial charge in [-0.15, -0.1) is 0 Å². The second-order valence-electron chi connectivity index (χ2n) is 17.5. The summed E-state index contributed by atoms with van der Waals surface area (Å²) in [5.74, 6) is 0. The van der Waals surface area contributed by atoms with E-state index >= 15 is 0 Å². The van der Waals surface area contributed by atoms with Crippen molar-refractivity contribution in [1.82, 2.24) is 0 Å². The lowest BCUT2D eigenvalue weighted by Crippen LogP contribution is -1.91. The second kappa shape index (κ2) is 15.6. The fourth-order valence-corrected chi connectivity index (χ4v) is 10.8. The molecule has 0 aliphatic heterocycles. The summed E-state index contributed by atoms with van der Waals surface area (Å²) in [6, 6.07) is 94.1. The van der Waals surface area contributed by atoms with Crippen LogP contribution in [0.2, 0.25) is 0 Å². The topological polar surface area (TPSA) is 0 Å². The van der Waals surface area contributed by atoms with Gasteiger partial charge in [0.15, 0.2) is 0 Å². The normalized spacial score (nSPS) is 11.6. The molecule has 0 amide bonds. The Morgan fingerprint density at radius 1 is 0.136 bits per heavy atom. The van der Waals surface area contributed by atoms with Crippen LogP contribution in [0, 0.1) is 0 Å². The predicted molar refractivity (Wildman–Crippen MR) is 284 cm³/mol. The molecule has 0 fully saturated rings. The van der Waals surface area contributed by atoms with Gasteiger partial charge in [-0.1, -0.05) is 231 Å². The summed E-state index contributed by atoms with van der Waals surface area (Å²) in [6.07, 6.45) is 0. The Kier molecular flexibility index (Phi) is 8.96. The van der Waals surface area contributed by atoms with Crippen LogP contribution < -0.4 is 0 Å². The van der Waals surface area contributed by atoms with E-state index in [0.29, 0.717) is 0 Å².